The van der Waals surface area contributed by atoms with Crippen LogP contribution in [0.2, 0.25) is 0 Å². The van der Waals surface area contributed by atoms with Crippen LogP contribution in [0.3, 0.4) is 0 Å². The zero-order chi connectivity index (χ0) is 15.5. The van der Waals surface area contributed by atoms with Crippen molar-refractivity contribution in [3.05, 3.63) is 59.8 Å². The maximum absolute atomic E-state index is 13.1. The topological polar surface area (TPSA) is 65.7 Å². The number of halogens is 1. The molecule has 2 heterocycles. The Balaban J connectivity index is 1.85. The van der Waals surface area contributed by atoms with Crippen LogP contribution >= 0.6 is 0 Å². The Morgan fingerprint density at radius 2 is 2.18 bits per heavy atom. The SMILES string of the molecule is COC(=O)c1cccn2nc(COc3cccc(F)c3)nc12. The van der Waals surface area contributed by atoms with Gasteiger partial charge in [0.25, 0.3) is 0 Å². The first-order valence-corrected chi connectivity index (χ1v) is 6.48. The van der Waals surface area contributed by atoms with Crippen molar-refractivity contribution in [2.75, 3.05) is 7.11 Å². The third-order valence-corrected chi connectivity index (χ3v) is 2.98. The van der Waals surface area contributed by atoms with Gasteiger partial charge in [-0.15, -0.1) is 5.10 Å². The van der Waals surface area contributed by atoms with E-state index >= 15 is 0 Å². The minimum atomic E-state index is -0.490. The van der Waals surface area contributed by atoms with Crippen LogP contribution in [0.5, 0.6) is 5.75 Å². The molecule has 2 aromatic heterocycles. The number of benzene rings is 1. The molecule has 1 aromatic carbocycles. The van der Waals surface area contributed by atoms with Gasteiger partial charge in [0.15, 0.2) is 11.5 Å². The van der Waals surface area contributed by atoms with Crippen molar-refractivity contribution in [3.63, 3.8) is 0 Å². The first-order chi connectivity index (χ1) is 10.7. The second-order valence-corrected chi connectivity index (χ2v) is 4.46. The van der Waals surface area contributed by atoms with E-state index in [1.165, 1.54) is 23.8 Å². The van der Waals surface area contributed by atoms with E-state index in [0.717, 1.165) is 0 Å². The number of carbonyl (C=O) groups is 1. The Labute approximate surface area is 125 Å². The summed E-state index contributed by atoms with van der Waals surface area (Å²) in [6.07, 6.45) is 1.67. The molecule has 0 bridgehead atoms. The normalized spacial score (nSPS) is 10.6. The van der Waals surface area contributed by atoms with Crippen molar-refractivity contribution in [3.8, 4) is 5.75 Å². The minimum Gasteiger partial charge on any atom is -0.485 e. The average Bonchev–Trinajstić information content (AvgIpc) is 2.95. The van der Waals surface area contributed by atoms with Crippen molar-refractivity contribution >= 4 is 11.6 Å². The zero-order valence-corrected chi connectivity index (χ0v) is 11.7. The smallest absolute Gasteiger partial charge is 0.341 e. The summed E-state index contributed by atoms with van der Waals surface area (Å²) in [7, 11) is 1.30. The van der Waals surface area contributed by atoms with Gasteiger partial charge in [-0.25, -0.2) is 18.7 Å². The monoisotopic (exact) mass is 301 g/mol. The second-order valence-electron chi connectivity index (χ2n) is 4.46. The number of hydrogen-bond acceptors (Lipinski definition) is 5. The number of nitrogens with zero attached hydrogens (tertiary/aromatic N) is 3. The average molecular weight is 301 g/mol. The van der Waals surface area contributed by atoms with Crippen LogP contribution in [0, 0.1) is 5.82 Å². The molecular formula is C15H12FN3O3. The van der Waals surface area contributed by atoms with Crippen molar-refractivity contribution in [2.24, 2.45) is 0 Å². The molecule has 0 atom stereocenters. The molecule has 0 spiro atoms. The molecule has 3 rings (SSSR count). The molecule has 0 aliphatic heterocycles. The molecule has 0 amide bonds. The first-order valence-electron chi connectivity index (χ1n) is 6.48. The highest BCUT2D eigenvalue weighted by molar-refractivity contribution is 5.95. The van der Waals surface area contributed by atoms with Gasteiger partial charge in [0.2, 0.25) is 0 Å². The number of carbonyl (C=O) groups excluding carboxylic acids is 1. The summed E-state index contributed by atoms with van der Waals surface area (Å²) in [5, 5.41) is 4.21. The molecule has 6 nitrogen and oxygen atoms in total. The highest BCUT2D eigenvalue weighted by atomic mass is 19.1. The molecule has 112 valence electrons. The summed E-state index contributed by atoms with van der Waals surface area (Å²) in [6, 6.07) is 9.07. The lowest BCUT2D eigenvalue weighted by atomic mass is 10.3. The number of hydrogen-bond donors (Lipinski definition) is 0. The molecule has 7 heteroatoms. The summed E-state index contributed by atoms with van der Waals surface area (Å²) in [5.41, 5.74) is 0.696. The van der Waals surface area contributed by atoms with Crippen molar-refractivity contribution in [2.45, 2.75) is 6.61 Å². The van der Waals surface area contributed by atoms with Crippen molar-refractivity contribution in [1.29, 1.82) is 0 Å². The third-order valence-electron chi connectivity index (χ3n) is 2.98. The van der Waals surface area contributed by atoms with E-state index in [9.17, 15) is 9.18 Å². The molecule has 22 heavy (non-hydrogen) atoms. The molecule has 0 saturated carbocycles. The summed E-state index contributed by atoms with van der Waals surface area (Å²) in [4.78, 5) is 15.9. The van der Waals surface area contributed by atoms with Gasteiger partial charge in [-0.05, 0) is 24.3 Å². The Bertz CT molecular complexity index is 832. The molecular weight excluding hydrogens is 289 g/mol. The number of esters is 1. The summed E-state index contributed by atoms with van der Waals surface area (Å²) >= 11 is 0. The highest BCUT2D eigenvalue weighted by Gasteiger charge is 2.14. The van der Waals surface area contributed by atoms with E-state index in [2.05, 4.69) is 10.1 Å². The van der Waals surface area contributed by atoms with Crippen LogP contribution in [0.4, 0.5) is 4.39 Å². The van der Waals surface area contributed by atoms with Crippen molar-refractivity contribution < 1.29 is 18.7 Å². The number of rotatable bonds is 4. The van der Waals surface area contributed by atoms with Gasteiger partial charge in [0, 0.05) is 12.3 Å². The predicted molar refractivity (Wildman–Crippen MR) is 75.1 cm³/mol. The summed E-state index contributed by atoms with van der Waals surface area (Å²) in [5.74, 6) is -0.114. The molecule has 0 radical (unpaired) electrons. The largest absolute Gasteiger partial charge is 0.485 e. The van der Waals surface area contributed by atoms with Crippen LogP contribution in [0.25, 0.3) is 5.65 Å². The minimum absolute atomic E-state index is 0.0613. The molecule has 0 aliphatic carbocycles. The molecule has 0 saturated heterocycles. The zero-order valence-electron chi connectivity index (χ0n) is 11.7. The van der Waals surface area contributed by atoms with Crippen LogP contribution < -0.4 is 4.74 Å². The van der Waals surface area contributed by atoms with E-state index < -0.39 is 5.97 Å². The van der Waals surface area contributed by atoms with E-state index in [1.54, 1.807) is 30.5 Å². The summed E-state index contributed by atoms with van der Waals surface area (Å²) < 4.78 is 24.7. The van der Waals surface area contributed by atoms with Crippen LogP contribution in [0.1, 0.15) is 16.2 Å². The van der Waals surface area contributed by atoms with Gasteiger partial charge in [-0.2, -0.15) is 0 Å². The van der Waals surface area contributed by atoms with Crippen LogP contribution in [0.15, 0.2) is 42.6 Å². The number of fused-ring (bicyclic) bond motifs is 1. The van der Waals surface area contributed by atoms with Crippen LogP contribution in [-0.4, -0.2) is 27.7 Å². The summed E-state index contributed by atoms with van der Waals surface area (Å²) in [6.45, 7) is 0.0613. The second kappa shape index (κ2) is 5.80. The fourth-order valence-corrected chi connectivity index (χ4v) is 1.99. The fourth-order valence-electron chi connectivity index (χ4n) is 1.99. The van der Waals surface area contributed by atoms with Gasteiger partial charge in [-0.3, -0.25) is 0 Å². The Kier molecular flexibility index (Phi) is 3.69. The molecule has 3 aromatic rings. The standard InChI is InChI=1S/C15H12FN3O3/c1-21-15(20)12-6-3-7-19-14(12)17-13(18-19)9-22-11-5-2-4-10(16)8-11/h2-8H,9H2,1H3. The molecule has 0 aliphatic rings. The van der Waals surface area contributed by atoms with Gasteiger partial charge in [-0.1, -0.05) is 6.07 Å². The van der Waals surface area contributed by atoms with Crippen molar-refractivity contribution in [1.82, 2.24) is 14.6 Å². The maximum Gasteiger partial charge on any atom is 0.341 e. The highest BCUT2D eigenvalue weighted by Crippen LogP contribution is 2.15. The Hall–Kier alpha value is -2.96. The quantitative estimate of drug-likeness (QED) is 0.691. The van der Waals surface area contributed by atoms with Gasteiger partial charge < -0.3 is 9.47 Å². The lowest BCUT2D eigenvalue weighted by Crippen LogP contribution is -2.04. The van der Waals surface area contributed by atoms with E-state index in [-0.39, 0.29) is 12.4 Å². The Morgan fingerprint density at radius 1 is 1.32 bits per heavy atom. The lowest BCUT2D eigenvalue weighted by molar-refractivity contribution is 0.0602. The van der Waals surface area contributed by atoms with Crippen LogP contribution in [-0.2, 0) is 11.3 Å². The predicted octanol–water partition coefficient (Wildman–Crippen LogP) is 2.23. The van der Waals surface area contributed by atoms with E-state index in [4.69, 9.17) is 9.47 Å². The van der Waals surface area contributed by atoms with E-state index in [0.29, 0.717) is 22.8 Å². The third kappa shape index (κ3) is 2.73. The Morgan fingerprint density at radius 3 is 2.95 bits per heavy atom. The number of pyridine rings is 1. The van der Waals surface area contributed by atoms with Gasteiger partial charge >= 0.3 is 5.97 Å². The van der Waals surface area contributed by atoms with Gasteiger partial charge in [0.05, 0.1) is 7.11 Å². The molecule has 0 fully saturated rings. The first kappa shape index (κ1) is 14.0. The number of methoxy groups -OCH3 is 1. The van der Waals surface area contributed by atoms with E-state index in [1.807, 2.05) is 0 Å². The molecule has 0 unspecified atom stereocenters. The maximum atomic E-state index is 13.1. The lowest BCUT2D eigenvalue weighted by Gasteiger charge is -2.02. The number of aromatic nitrogens is 3. The fraction of sp³-hybridized carbons (Fsp3) is 0.133. The molecule has 0 N–H and O–H groups in total. The number of ether oxygens (including phenoxy) is 2. The van der Waals surface area contributed by atoms with Gasteiger partial charge in [0.1, 0.15) is 23.7 Å².